The van der Waals surface area contributed by atoms with Crippen LogP contribution in [0.15, 0.2) is 27.6 Å². The van der Waals surface area contributed by atoms with Crippen molar-refractivity contribution in [1.82, 2.24) is 9.21 Å². The summed E-state index contributed by atoms with van der Waals surface area (Å²) in [5.74, 6) is 0.0419. The summed E-state index contributed by atoms with van der Waals surface area (Å²) in [5, 5.41) is 0.192. The van der Waals surface area contributed by atoms with Crippen LogP contribution >= 0.6 is 27.5 Å². The molecule has 1 aliphatic heterocycles. The highest BCUT2D eigenvalue weighted by molar-refractivity contribution is 9.10. The van der Waals surface area contributed by atoms with E-state index in [1.165, 1.54) is 15.3 Å². The highest BCUT2D eigenvalue weighted by Crippen LogP contribution is 2.30. The summed E-state index contributed by atoms with van der Waals surface area (Å²) in [6.45, 7) is 6.68. The summed E-state index contributed by atoms with van der Waals surface area (Å²) < 4.78 is 33.5. The molecule has 9 heteroatoms. The van der Waals surface area contributed by atoms with Crippen molar-refractivity contribution in [3.05, 3.63) is 27.7 Å². The first kappa shape index (κ1) is 22.5. The van der Waals surface area contributed by atoms with Crippen LogP contribution in [-0.2, 0) is 14.8 Å². The molecule has 1 saturated heterocycles. The fourth-order valence-corrected chi connectivity index (χ4v) is 5.59. The van der Waals surface area contributed by atoms with Gasteiger partial charge in [-0.15, -0.1) is 0 Å². The van der Waals surface area contributed by atoms with Gasteiger partial charge in [0.05, 0.1) is 5.02 Å². The van der Waals surface area contributed by atoms with Crippen LogP contribution in [0.4, 0.5) is 4.79 Å². The Morgan fingerprint density at radius 2 is 2.07 bits per heavy atom. The van der Waals surface area contributed by atoms with Crippen LogP contribution in [0.25, 0.3) is 0 Å². The number of piperidine rings is 1. The molecular weight excluding hydrogens is 456 g/mol. The fraction of sp³-hybridized carbons (Fsp3) is 0.611. The Hall–Kier alpha value is -0.830. The second-order valence-electron chi connectivity index (χ2n) is 7.81. The lowest BCUT2D eigenvalue weighted by Crippen LogP contribution is -2.45. The van der Waals surface area contributed by atoms with E-state index < -0.39 is 21.7 Å². The van der Waals surface area contributed by atoms with E-state index in [0.717, 1.165) is 17.3 Å². The summed E-state index contributed by atoms with van der Waals surface area (Å²) >= 11 is 9.44. The van der Waals surface area contributed by atoms with E-state index in [-0.39, 0.29) is 15.8 Å². The van der Waals surface area contributed by atoms with Crippen molar-refractivity contribution < 1.29 is 17.9 Å². The first-order chi connectivity index (χ1) is 12.4. The lowest BCUT2D eigenvalue weighted by Gasteiger charge is -2.34. The lowest BCUT2D eigenvalue weighted by molar-refractivity contribution is 0.0258. The zero-order valence-electron chi connectivity index (χ0n) is 16.0. The Balaban J connectivity index is 2.08. The van der Waals surface area contributed by atoms with E-state index >= 15 is 0 Å². The Bertz CT molecular complexity index is 795. The van der Waals surface area contributed by atoms with Crippen LogP contribution in [0, 0.1) is 5.92 Å². The molecule has 1 fully saturated rings. The second-order valence-corrected chi connectivity index (χ2v) is 11.0. The molecule has 1 heterocycles. The summed E-state index contributed by atoms with van der Waals surface area (Å²) in [4.78, 5) is 13.8. The molecule has 0 N–H and O–H groups in total. The highest BCUT2D eigenvalue weighted by atomic mass is 79.9. The molecule has 0 spiro atoms. The maximum absolute atomic E-state index is 13.0. The number of hydrogen-bond acceptors (Lipinski definition) is 4. The first-order valence-corrected chi connectivity index (χ1v) is 11.4. The molecule has 27 heavy (non-hydrogen) atoms. The number of nitrogens with zero attached hydrogens (tertiary/aromatic N) is 2. The highest BCUT2D eigenvalue weighted by Gasteiger charge is 2.33. The standard InChI is InChI=1S/C18H26BrClN2O4S/c1-18(2,3)26-17(23)21(4)11-13-6-5-9-22(12-13)27(24,25)16-8-7-14(19)10-15(16)20/h7-8,10,13H,5-6,9,11-12H2,1-4H3. The van der Waals surface area contributed by atoms with Crippen LogP contribution in [0.2, 0.25) is 5.02 Å². The molecule has 6 nitrogen and oxygen atoms in total. The largest absolute Gasteiger partial charge is 0.444 e. The minimum absolute atomic E-state index is 0.0419. The van der Waals surface area contributed by atoms with E-state index in [1.54, 1.807) is 19.2 Å². The topological polar surface area (TPSA) is 66.9 Å². The zero-order chi connectivity index (χ0) is 20.4. The molecule has 152 valence electrons. The van der Waals surface area contributed by atoms with Crippen LogP contribution in [-0.4, -0.2) is 56.0 Å². The minimum Gasteiger partial charge on any atom is -0.444 e. The van der Waals surface area contributed by atoms with Gasteiger partial charge in [0, 0.05) is 31.2 Å². The molecule has 1 atom stereocenters. The number of halogens is 2. The van der Waals surface area contributed by atoms with Crippen LogP contribution in [0.1, 0.15) is 33.6 Å². The number of ether oxygens (including phenoxy) is 1. The van der Waals surface area contributed by atoms with Gasteiger partial charge in [-0.25, -0.2) is 13.2 Å². The zero-order valence-corrected chi connectivity index (χ0v) is 19.2. The van der Waals surface area contributed by atoms with Crippen molar-refractivity contribution in [3.8, 4) is 0 Å². The van der Waals surface area contributed by atoms with Crippen molar-refractivity contribution in [3.63, 3.8) is 0 Å². The molecule has 1 aromatic carbocycles. The summed E-state index contributed by atoms with van der Waals surface area (Å²) in [6, 6.07) is 4.75. The fourth-order valence-electron chi connectivity index (χ4n) is 3.02. The Morgan fingerprint density at radius 3 is 2.67 bits per heavy atom. The number of hydrogen-bond donors (Lipinski definition) is 0. The quantitative estimate of drug-likeness (QED) is 0.640. The maximum Gasteiger partial charge on any atom is 0.410 e. The maximum atomic E-state index is 13.0. The number of amides is 1. The number of carbonyl (C=O) groups is 1. The minimum atomic E-state index is -3.68. The average Bonchev–Trinajstić information content (AvgIpc) is 2.53. The van der Waals surface area contributed by atoms with Gasteiger partial charge in [0.1, 0.15) is 10.5 Å². The second kappa shape index (κ2) is 8.68. The average molecular weight is 482 g/mol. The summed E-state index contributed by atoms with van der Waals surface area (Å²) in [7, 11) is -2.01. The van der Waals surface area contributed by atoms with E-state index in [9.17, 15) is 13.2 Å². The summed E-state index contributed by atoms with van der Waals surface area (Å²) in [6.07, 6.45) is 1.19. The molecule has 2 rings (SSSR count). The number of carbonyl (C=O) groups excluding carboxylic acids is 1. The molecule has 0 aromatic heterocycles. The van der Waals surface area contributed by atoms with Crippen LogP contribution < -0.4 is 0 Å². The number of rotatable bonds is 4. The normalized spacial score (nSPS) is 19.0. The van der Waals surface area contributed by atoms with Crippen molar-refractivity contribution >= 4 is 43.6 Å². The van der Waals surface area contributed by atoms with Crippen molar-refractivity contribution in [2.75, 3.05) is 26.7 Å². The van der Waals surface area contributed by atoms with Gasteiger partial charge in [-0.2, -0.15) is 4.31 Å². The molecule has 1 aliphatic rings. The van der Waals surface area contributed by atoms with E-state index in [4.69, 9.17) is 16.3 Å². The first-order valence-electron chi connectivity index (χ1n) is 8.79. The molecule has 0 saturated carbocycles. The predicted octanol–water partition coefficient (Wildman–Crippen LogP) is 4.37. The van der Waals surface area contributed by atoms with Gasteiger partial charge in [0.15, 0.2) is 0 Å². The van der Waals surface area contributed by atoms with Crippen molar-refractivity contribution in [1.29, 1.82) is 0 Å². The van der Waals surface area contributed by atoms with Crippen LogP contribution in [0.5, 0.6) is 0 Å². The third-order valence-corrected chi connectivity index (χ3v) is 7.07. The van der Waals surface area contributed by atoms with Gasteiger partial charge in [-0.1, -0.05) is 27.5 Å². The molecule has 0 aliphatic carbocycles. The van der Waals surface area contributed by atoms with Gasteiger partial charge < -0.3 is 9.64 Å². The monoisotopic (exact) mass is 480 g/mol. The molecular formula is C18H26BrClN2O4S. The third kappa shape index (κ3) is 6.07. The lowest BCUT2D eigenvalue weighted by atomic mass is 9.99. The van der Waals surface area contributed by atoms with Gasteiger partial charge in [0.25, 0.3) is 0 Å². The summed E-state index contributed by atoms with van der Waals surface area (Å²) in [5.41, 5.74) is -0.564. The molecule has 1 unspecified atom stereocenters. The third-order valence-electron chi connectivity index (χ3n) is 4.23. The molecule has 0 radical (unpaired) electrons. The van der Waals surface area contributed by atoms with Gasteiger partial charge in [-0.3, -0.25) is 0 Å². The predicted molar refractivity (Wildman–Crippen MR) is 109 cm³/mol. The van der Waals surface area contributed by atoms with Gasteiger partial charge >= 0.3 is 6.09 Å². The SMILES string of the molecule is CN(CC1CCCN(S(=O)(=O)c2ccc(Br)cc2Cl)C1)C(=O)OC(C)(C)C. The van der Waals surface area contributed by atoms with E-state index in [0.29, 0.717) is 19.6 Å². The molecule has 1 aromatic rings. The molecule has 0 bridgehead atoms. The van der Waals surface area contributed by atoms with Crippen molar-refractivity contribution in [2.45, 2.75) is 44.1 Å². The van der Waals surface area contributed by atoms with E-state index in [1.807, 2.05) is 20.8 Å². The Kier molecular flexibility index (Phi) is 7.22. The Morgan fingerprint density at radius 1 is 1.41 bits per heavy atom. The number of sulfonamides is 1. The number of benzene rings is 1. The van der Waals surface area contributed by atoms with Crippen molar-refractivity contribution in [2.24, 2.45) is 5.92 Å². The van der Waals surface area contributed by atoms with Gasteiger partial charge in [0.2, 0.25) is 10.0 Å². The Labute approximate surface area is 175 Å². The smallest absolute Gasteiger partial charge is 0.410 e. The van der Waals surface area contributed by atoms with E-state index in [2.05, 4.69) is 15.9 Å². The van der Waals surface area contributed by atoms with Crippen LogP contribution in [0.3, 0.4) is 0 Å². The van der Waals surface area contributed by atoms with Gasteiger partial charge in [-0.05, 0) is 57.7 Å². The molecule has 1 amide bonds.